The van der Waals surface area contributed by atoms with Crippen LogP contribution in [0.25, 0.3) is 10.8 Å². The molecule has 1 aliphatic heterocycles. The van der Waals surface area contributed by atoms with Crippen LogP contribution < -0.4 is 15.5 Å². The zero-order valence-corrected chi connectivity index (χ0v) is 21.3. The molecule has 0 unspecified atom stereocenters. The zero-order chi connectivity index (χ0) is 27.0. The average Bonchev–Trinajstić information content (AvgIpc) is 2.91. The molecular weight excluding hydrogens is 478 g/mol. The van der Waals surface area contributed by atoms with Crippen molar-refractivity contribution in [3.63, 3.8) is 0 Å². The number of carbonyl (C=O) groups is 4. The van der Waals surface area contributed by atoms with Crippen LogP contribution in [0.4, 0.5) is 11.4 Å². The van der Waals surface area contributed by atoms with Gasteiger partial charge in [-0.15, -0.1) is 0 Å². The van der Waals surface area contributed by atoms with Crippen molar-refractivity contribution in [2.75, 3.05) is 10.2 Å². The normalized spacial score (nSPS) is 13.5. The van der Waals surface area contributed by atoms with E-state index in [1.165, 1.54) is 0 Å². The Hall–Kier alpha value is -4.78. The highest BCUT2D eigenvalue weighted by atomic mass is 16.2. The molecule has 0 radical (unpaired) electrons. The van der Waals surface area contributed by atoms with Gasteiger partial charge in [0.05, 0.1) is 5.69 Å². The van der Waals surface area contributed by atoms with Crippen molar-refractivity contribution < 1.29 is 19.2 Å². The number of benzene rings is 4. The number of amides is 4. The van der Waals surface area contributed by atoms with E-state index in [-0.39, 0.29) is 17.7 Å². The second-order valence-corrected chi connectivity index (χ2v) is 9.76. The van der Waals surface area contributed by atoms with E-state index in [1.807, 2.05) is 39.0 Å². The minimum absolute atomic E-state index is 0.158. The van der Waals surface area contributed by atoms with Crippen molar-refractivity contribution in [2.24, 2.45) is 5.92 Å². The Morgan fingerprint density at radius 1 is 0.789 bits per heavy atom. The lowest BCUT2D eigenvalue weighted by molar-refractivity contribution is -0.118. The fourth-order valence-corrected chi connectivity index (χ4v) is 4.72. The van der Waals surface area contributed by atoms with Gasteiger partial charge in [-0.3, -0.25) is 19.2 Å². The third-order valence-electron chi connectivity index (χ3n) is 6.68. The Bertz CT molecular complexity index is 1540. The van der Waals surface area contributed by atoms with Crippen LogP contribution in [0.2, 0.25) is 0 Å². The first-order valence-electron chi connectivity index (χ1n) is 12.4. The molecule has 7 nitrogen and oxygen atoms in total. The summed E-state index contributed by atoms with van der Waals surface area (Å²) >= 11 is 0. The van der Waals surface area contributed by atoms with E-state index >= 15 is 0 Å². The number of hydrogen-bond donors (Lipinski definition) is 2. The summed E-state index contributed by atoms with van der Waals surface area (Å²) in [5.74, 6) is -1.63. The molecule has 4 amide bonds. The van der Waals surface area contributed by atoms with Gasteiger partial charge < -0.3 is 10.6 Å². The van der Waals surface area contributed by atoms with Gasteiger partial charge in [0.25, 0.3) is 17.7 Å². The van der Waals surface area contributed by atoms with Crippen LogP contribution in [0.15, 0.2) is 84.9 Å². The molecule has 7 heteroatoms. The monoisotopic (exact) mass is 505 g/mol. The van der Waals surface area contributed by atoms with E-state index in [9.17, 15) is 19.2 Å². The smallest absolute Gasteiger partial charge is 0.265 e. The fraction of sp³-hybridized carbons (Fsp3) is 0.161. The summed E-state index contributed by atoms with van der Waals surface area (Å²) in [7, 11) is 0. The number of carbonyl (C=O) groups excluding carboxylic acids is 4. The third kappa shape index (κ3) is 4.54. The number of aryl methyl sites for hydroxylation is 1. The molecule has 1 heterocycles. The Kier molecular flexibility index (Phi) is 6.51. The number of anilines is 2. The summed E-state index contributed by atoms with van der Waals surface area (Å²) in [6.45, 7) is 5.61. The van der Waals surface area contributed by atoms with E-state index in [1.54, 1.807) is 66.7 Å². The Labute approximate surface area is 220 Å². The quantitative estimate of drug-likeness (QED) is 0.346. The van der Waals surface area contributed by atoms with Gasteiger partial charge in [0.1, 0.15) is 6.04 Å². The van der Waals surface area contributed by atoms with Crippen LogP contribution in [0.3, 0.4) is 0 Å². The predicted molar refractivity (Wildman–Crippen MR) is 147 cm³/mol. The summed E-state index contributed by atoms with van der Waals surface area (Å²) in [4.78, 5) is 53.5. The zero-order valence-electron chi connectivity index (χ0n) is 21.3. The van der Waals surface area contributed by atoms with Crippen molar-refractivity contribution in [3.8, 4) is 0 Å². The van der Waals surface area contributed by atoms with Gasteiger partial charge in [0.2, 0.25) is 5.91 Å². The molecule has 0 spiro atoms. The van der Waals surface area contributed by atoms with E-state index in [4.69, 9.17) is 0 Å². The predicted octanol–water partition coefficient (Wildman–Crippen LogP) is 5.34. The van der Waals surface area contributed by atoms with Crippen molar-refractivity contribution in [1.29, 1.82) is 0 Å². The molecule has 1 aliphatic rings. The first-order valence-corrected chi connectivity index (χ1v) is 12.4. The molecule has 0 saturated heterocycles. The molecule has 0 aromatic heterocycles. The van der Waals surface area contributed by atoms with E-state index in [2.05, 4.69) is 10.6 Å². The van der Waals surface area contributed by atoms with E-state index < -0.39 is 17.9 Å². The second-order valence-electron chi connectivity index (χ2n) is 9.76. The van der Waals surface area contributed by atoms with Gasteiger partial charge in [-0.1, -0.05) is 55.8 Å². The summed E-state index contributed by atoms with van der Waals surface area (Å²) in [6.07, 6.45) is 0. The lowest BCUT2D eigenvalue weighted by atomic mass is 9.94. The second kappa shape index (κ2) is 9.94. The summed E-state index contributed by atoms with van der Waals surface area (Å²) < 4.78 is 0. The van der Waals surface area contributed by atoms with E-state index in [0.717, 1.165) is 15.8 Å². The number of nitrogens with zero attached hydrogens (tertiary/aromatic N) is 1. The molecule has 38 heavy (non-hydrogen) atoms. The van der Waals surface area contributed by atoms with Gasteiger partial charge in [-0.2, -0.15) is 0 Å². The molecule has 190 valence electrons. The van der Waals surface area contributed by atoms with Crippen LogP contribution in [0, 0.1) is 12.8 Å². The highest BCUT2D eigenvalue weighted by Crippen LogP contribution is 2.33. The molecule has 1 atom stereocenters. The molecule has 5 rings (SSSR count). The van der Waals surface area contributed by atoms with Crippen LogP contribution in [0.5, 0.6) is 0 Å². The number of nitrogens with one attached hydrogen (secondary N) is 2. The molecule has 0 aliphatic carbocycles. The number of hydrogen-bond acceptors (Lipinski definition) is 4. The molecular formula is C31H27N3O4. The van der Waals surface area contributed by atoms with Crippen LogP contribution >= 0.6 is 0 Å². The minimum Gasteiger partial charge on any atom is -0.340 e. The average molecular weight is 506 g/mol. The first-order chi connectivity index (χ1) is 18.2. The highest BCUT2D eigenvalue weighted by Gasteiger charge is 2.34. The standard InChI is InChI=1S/C31H27N3O4/c1-18(2)27(33-28(35)21-10-4-7-19(3)17-21)29(36)32-22-13-15-23(16-14-22)34-30(37)24-11-5-8-20-9-6-12-25(26(20)24)31(34)38/h4-18,27H,1-3H3,(H,32,36)(H,33,35)/t27-/m0/s1. The van der Waals surface area contributed by atoms with Gasteiger partial charge in [0.15, 0.2) is 0 Å². The van der Waals surface area contributed by atoms with Crippen molar-refractivity contribution in [2.45, 2.75) is 26.8 Å². The summed E-state index contributed by atoms with van der Waals surface area (Å²) in [5, 5.41) is 7.16. The van der Waals surface area contributed by atoms with Crippen molar-refractivity contribution >= 4 is 45.8 Å². The van der Waals surface area contributed by atoms with E-state index in [0.29, 0.717) is 33.5 Å². The Morgan fingerprint density at radius 3 is 1.97 bits per heavy atom. The van der Waals surface area contributed by atoms with Gasteiger partial charge >= 0.3 is 0 Å². The third-order valence-corrected chi connectivity index (χ3v) is 6.68. The van der Waals surface area contributed by atoms with Gasteiger partial charge in [-0.05, 0) is 66.8 Å². The van der Waals surface area contributed by atoms with Gasteiger partial charge in [0, 0.05) is 27.8 Å². The van der Waals surface area contributed by atoms with Crippen LogP contribution in [-0.2, 0) is 4.79 Å². The molecule has 2 N–H and O–H groups in total. The fourth-order valence-electron chi connectivity index (χ4n) is 4.72. The van der Waals surface area contributed by atoms with Crippen molar-refractivity contribution in [1.82, 2.24) is 5.32 Å². The minimum atomic E-state index is -0.759. The lowest BCUT2D eigenvalue weighted by Gasteiger charge is -2.27. The number of imide groups is 1. The molecule has 0 bridgehead atoms. The Morgan fingerprint density at radius 2 is 1.39 bits per heavy atom. The number of rotatable bonds is 6. The molecule has 4 aromatic rings. The van der Waals surface area contributed by atoms with Crippen LogP contribution in [-0.4, -0.2) is 29.7 Å². The summed E-state index contributed by atoms with van der Waals surface area (Å²) in [5.41, 5.74) is 3.26. The summed E-state index contributed by atoms with van der Waals surface area (Å²) in [6, 6.07) is 23.7. The van der Waals surface area contributed by atoms with Crippen LogP contribution in [0.1, 0.15) is 50.5 Å². The lowest BCUT2D eigenvalue weighted by Crippen LogP contribution is -2.47. The topological polar surface area (TPSA) is 95.6 Å². The van der Waals surface area contributed by atoms with Crippen molar-refractivity contribution in [3.05, 3.63) is 107 Å². The maximum atomic E-state index is 13.3. The molecule has 0 saturated carbocycles. The molecule has 0 fully saturated rings. The highest BCUT2D eigenvalue weighted by molar-refractivity contribution is 6.35. The SMILES string of the molecule is Cc1cccc(C(=O)N[C@H](C(=O)Nc2ccc(N3C(=O)c4cccc5cccc(c45)C3=O)cc2)C(C)C)c1. The maximum Gasteiger partial charge on any atom is 0.265 e. The Balaban J connectivity index is 1.33. The maximum absolute atomic E-state index is 13.3. The van der Waals surface area contributed by atoms with Gasteiger partial charge in [-0.25, -0.2) is 4.90 Å². The largest absolute Gasteiger partial charge is 0.340 e. The first kappa shape index (κ1) is 24.9. The molecule has 4 aromatic carbocycles.